The van der Waals surface area contributed by atoms with E-state index >= 15 is 0 Å². The van der Waals surface area contributed by atoms with Crippen LogP contribution in [0.4, 0.5) is 10.9 Å². The van der Waals surface area contributed by atoms with Gasteiger partial charge in [-0.25, -0.2) is 4.98 Å². The second-order valence-electron chi connectivity index (χ2n) is 8.52. The van der Waals surface area contributed by atoms with Gasteiger partial charge in [0, 0.05) is 23.7 Å². The van der Waals surface area contributed by atoms with Crippen LogP contribution in [0.2, 0.25) is 0 Å². The van der Waals surface area contributed by atoms with Gasteiger partial charge in [-0.2, -0.15) is 0 Å². The summed E-state index contributed by atoms with van der Waals surface area (Å²) in [6, 6.07) is 15.1. The predicted octanol–water partition coefficient (Wildman–Crippen LogP) is 5.18. The van der Waals surface area contributed by atoms with Crippen LogP contribution >= 0.6 is 11.3 Å². The third kappa shape index (κ3) is 4.36. The first-order valence-corrected chi connectivity index (χ1v) is 12.2. The maximum absolute atomic E-state index is 5.22. The summed E-state index contributed by atoms with van der Waals surface area (Å²) in [5.74, 6) is 1.70. The minimum absolute atomic E-state index is 0.547. The normalized spacial score (nSPS) is 14.4. The number of allylic oxidation sites excluding steroid dienone is 1. The number of hydrogen-bond acceptors (Lipinski definition) is 8. The van der Waals surface area contributed by atoms with E-state index < -0.39 is 0 Å². The van der Waals surface area contributed by atoms with Crippen molar-refractivity contribution in [2.24, 2.45) is 0 Å². The van der Waals surface area contributed by atoms with Crippen LogP contribution in [-0.4, -0.2) is 33.3 Å². The van der Waals surface area contributed by atoms with Crippen LogP contribution in [0.25, 0.3) is 16.1 Å². The monoisotopic (exact) mass is 468 g/mol. The van der Waals surface area contributed by atoms with Crippen molar-refractivity contribution in [2.75, 3.05) is 17.7 Å². The van der Waals surface area contributed by atoms with Crippen LogP contribution in [0.5, 0.6) is 5.75 Å². The summed E-state index contributed by atoms with van der Waals surface area (Å²) >= 11 is 1.56. The Bertz CT molecular complexity index is 1360. The zero-order valence-corrected chi connectivity index (χ0v) is 19.6. The van der Waals surface area contributed by atoms with Crippen LogP contribution in [0.15, 0.2) is 60.9 Å². The molecule has 0 radical (unpaired) electrons. The quantitative estimate of drug-likeness (QED) is 0.369. The summed E-state index contributed by atoms with van der Waals surface area (Å²) in [7, 11) is 1.67. The molecule has 2 aliphatic carbocycles. The molecule has 2 N–H and O–H groups in total. The van der Waals surface area contributed by atoms with E-state index in [9.17, 15) is 0 Å². The fraction of sp³-hybridized carbons (Fsp3) is 0.231. The molecule has 2 aliphatic rings. The average Bonchev–Trinajstić information content (AvgIpc) is 3.39. The molecule has 7 nitrogen and oxygen atoms in total. The molecular weight excluding hydrogens is 444 g/mol. The van der Waals surface area contributed by atoms with Crippen LogP contribution in [-0.2, 0) is 13.0 Å². The number of ether oxygens (including phenoxy) is 1. The highest BCUT2D eigenvalue weighted by Crippen LogP contribution is 2.36. The molecule has 0 atom stereocenters. The Morgan fingerprint density at radius 2 is 1.94 bits per heavy atom. The largest absolute Gasteiger partial charge is 0.497 e. The lowest BCUT2D eigenvalue weighted by atomic mass is 10.0. The highest BCUT2D eigenvalue weighted by Gasteiger charge is 2.23. The van der Waals surface area contributed by atoms with Gasteiger partial charge in [0.15, 0.2) is 0 Å². The summed E-state index contributed by atoms with van der Waals surface area (Å²) in [5, 5.41) is 17.3. The van der Waals surface area contributed by atoms with Crippen molar-refractivity contribution in [3.63, 3.8) is 0 Å². The van der Waals surface area contributed by atoms with Gasteiger partial charge < -0.3 is 15.4 Å². The van der Waals surface area contributed by atoms with Gasteiger partial charge in [0.2, 0.25) is 5.13 Å². The Morgan fingerprint density at radius 3 is 2.76 bits per heavy atom. The number of rotatable bonds is 8. The first kappa shape index (κ1) is 20.8. The number of anilines is 2. The van der Waals surface area contributed by atoms with Crippen molar-refractivity contribution in [1.29, 1.82) is 0 Å². The number of aromatic nitrogens is 4. The van der Waals surface area contributed by atoms with Crippen molar-refractivity contribution >= 4 is 27.9 Å². The molecular formula is C26H24N6OS. The molecule has 2 aromatic heterocycles. The standard InChI is InChI=1S/C26H24N6OS/c1-33-20-9-2-16(3-10-20)13-28-26-32-31-25(34-26)18-5-4-17-6-11-21(22(17)12-18)23-14-27-15-24(30-23)29-19-7-8-19/h2-5,9-12,14-15,19H,6-8,13H2,1H3,(H,28,32)(H,29,30). The van der Waals surface area contributed by atoms with Gasteiger partial charge in [-0.05, 0) is 54.2 Å². The van der Waals surface area contributed by atoms with Gasteiger partial charge in [0.25, 0.3) is 0 Å². The smallest absolute Gasteiger partial charge is 0.206 e. The first-order valence-electron chi connectivity index (χ1n) is 11.4. The van der Waals surface area contributed by atoms with Crippen LogP contribution in [0.3, 0.4) is 0 Å². The molecule has 1 saturated carbocycles. The number of nitrogens with zero attached hydrogens (tertiary/aromatic N) is 4. The molecule has 0 bridgehead atoms. The first-order chi connectivity index (χ1) is 16.7. The van der Waals surface area contributed by atoms with Crippen LogP contribution < -0.4 is 15.4 Å². The van der Waals surface area contributed by atoms with E-state index in [2.05, 4.69) is 50.1 Å². The Hall–Kier alpha value is -3.78. The lowest BCUT2D eigenvalue weighted by Crippen LogP contribution is -2.05. The molecule has 170 valence electrons. The fourth-order valence-corrected chi connectivity index (χ4v) is 4.77. The summed E-state index contributed by atoms with van der Waals surface area (Å²) in [5.41, 5.74) is 6.74. The Kier molecular flexibility index (Phi) is 5.43. The molecule has 6 rings (SSSR count). The third-order valence-corrected chi connectivity index (χ3v) is 6.97. The van der Waals surface area contributed by atoms with Crippen molar-refractivity contribution in [2.45, 2.75) is 31.8 Å². The molecule has 2 heterocycles. The highest BCUT2D eigenvalue weighted by atomic mass is 32.1. The summed E-state index contributed by atoms with van der Waals surface area (Å²) in [6.45, 7) is 0.680. The Morgan fingerprint density at radius 1 is 1.06 bits per heavy atom. The molecule has 4 aromatic rings. The van der Waals surface area contributed by atoms with Gasteiger partial charge in [0.1, 0.15) is 16.6 Å². The second-order valence-corrected chi connectivity index (χ2v) is 9.49. The Balaban J connectivity index is 1.19. The molecule has 8 heteroatoms. The molecule has 2 aromatic carbocycles. The maximum Gasteiger partial charge on any atom is 0.206 e. The van der Waals surface area contributed by atoms with Gasteiger partial charge in [-0.3, -0.25) is 4.98 Å². The van der Waals surface area contributed by atoms with Crippen LogP contribution in [0, 0.1) is 0 Å². The number of methoxy groups -OCH3 is 1. The fourth-order valence-electron chi connectivity index (χ4n) is 4.04. The SMILES string of the molecule is COc1ccc(CNc2nnc(-c3ccc4c(c3)C(c3cncc(NC5CC5)n3)=CC4)s2)cc1. The molecule has 34 heavy (non-hydrogen) atoms. The zero-order valence-electron chi connectivity index (χ0n) is 18.8. The van der Waals surface area contributed by atoms with E-state index in [-0.39, 0.29) is 0 Å². The molecule has 1 fully saturated rings. The topological polar surface area (TPSA) is 84.8 Å². The van der Waals surface area contributed by atoms with Gasteiger partial charge in [-0.15, -0.1) is 10.2 Å². The number of fused-ring (bicyclic) bond motifs is 1. The lowest BCUT2D eigenvalue weighted by Gasteiger charge is -2.09. The lowest BCUT2D eigenvalue weighted by molar-refractivity contribution is 0.414. The molecule has 0 amide bonds. The zero-order chi connectivity index (χ0) is 22.9. The van der Waals surface area contributed by atoms with E-state index in [0.717, 1.165) is 50.5 Å². The van der Waals surface area contributed by atoms with Crippen molar-refractivity contribution in [1.82, 2.24) is 20.2 Å². The summed E-state index contributed by atoms with van der Waals surface area (Å²) in [4.78, 5) is 9.24. The molecule has 0 saturated heterocycles. The summed E-state index contributed by atoms with van der Waals surface area (Å²) in [6.07, 6.45) is 9.20. The predicted molar refractivity (Wildman–Crippen MR) is 135 cm³/mol. The number of benzene rings is 2. The van der Waals surface area contributed by atoms with Crippen molar-refractivity contribution in [3.8, 4) is 16.3 Å². The number of nitrogens with one attached hydrogen (secondary N) is 2. The summed E-state index contributed by atoms with van der Waals surface area (Å²) < 4.78 is 5.22. The Labute approximate surface area is 202 Å². The van der Waals surface area contributed by atoms with Gasteiger partial charge in [0.05, 0.1) is 25.2 Å². The number of hydrogen-bond donors (Lipinski definition) is 2. The third-order valence-electron chi connectivity index (χ3n) is 6.04. The molecule has 0 aliphatic heterocycles. The van der Waals surface area contributed by atoms with Gasteiger partial charge >= 0.3 is 0 Å². The second kappa shape index (κ2) is 8.87. The van der Waals surface area contributed by atoms with E-state index in [1.807, 2.05) is 30.5 Å². The molecule has 0 unspecified atom stereocenters. The van der Waals surface area contributed by atoms with Crippen LogP contribution in [0.1, 0.15) is 35.2 Å². The maximum atomic E-state index is 5.22. The van der Waals surface area contributed by atoms with Gasteiger partial charge in [-0.1, -0.05) is 41.7 Å². The van der Waals surface area contributed by atoms with E-state index in [4.69, 9.17) is 9.72 Å². The van der Waals surface area contributed by atoms with Crippen molar-refractivity contribution in [3.05, 3.63) is 83.3 Å². The van der Waals surface area contributed by atoms with Crippen molar-refractivity contribution < 1.29 is 4.74 Å². The van der Waals surface area contributed by atoms with E-state index in [0.29, 0.717) is 12.6 Å². The highest BCUT2D eigenvalue weighted by molar-refractivity contribution is 7.18. The average molecular weight is 469 g/mol. The van der Waals surface area contributed by atoms with E-state index in [1.54, 1.807) is 24.6 Å². The minimum atomic E-state index is 0.547. The van der Waals surface area contributed by atoms with E-state index in [1.165, 1.54) is 24.0 Å². The minimum Gasteiger partial charge on any atom is -0.497 e. The molecule has 0 spiro atoms.